The highest BCUT2D eigenvalue weighted by Gasteiger charge is 2.41. The lowest BCUT2D eigenvalue weighted by molar-refractivity contribution is -0.146. The monoisotopic (exact) mass is 1070 g/mol. The number of carboxylic acids is 1. The summed E-state index contributed by atoms with van der Waals surface area (Å²) in [6.07, 6.45) is 0.387. The van der Waals surface area contributed by atoms with E-state index in [0.717, 1.165) is 9.80 Å². The lowest BCUT2D eigenvalue weighted by Gasteiger charge is -2.35. The van der Waals surface area contributed by atoms with Gasteiger partial charge in [-0.1, -0.05) is 67.7 Å². The Morgan fingerprint density at radius 3 is 1.79 bits per heavy atom. The molecular formula is C49H87N13O13. The lowest BCUT2D eigenvalue weighted by Crippen LogP contribution is -2.63. The van der Waals surface area contributed by atoms with E-state index in [1.807, 2.05) is 6.92 Å². The number of hydrogen-bond acceptors (Lipinski definition) is 13. The molecule has 10 atom stereocenters. The minimum absolute atomic E-state index is 0.0916. The van der Waals surface area contributed by atoms with Crippen molar-refractivity contribution in [2.24, 2.45) is 34.2 Å². The molecule has 426 valence electrons. The van der Waals surface area contributed by atoms with Gasteiger partial charge in [-0.25, -0.2) is 0 Å². The molecule has 1 rings (SSSR count). The number of carbonyl (C=O) groups excluding carboxylic acids is 10. The molecule has 10 amide bonds. The number of aliphatic carboxylic acids is 1. The molecule has 1 fully saturated rings. The van der Waals surface area contributed by atoms with Crippen LogP contribution in [0.25, 0.3) is 0 Å². The number of nitrogens with two attached hydrogens (primary N) is 2. The van der Waals surface area contributed by atoms with Crippen LogP contribution in [0.5, 0.6) is 0 Å². The van der Waals surface area contributed by atoms with Crippen LogP contribution in [0.3, 0.4) is 0 Å². The number of nitrogens with zero attached hydrogens (tertiary/aromatic N) is 4. The first kappa shape index (κ1) is 66.4. The molecule has 0 bridgehead atoms. The Hall–Kier alpha value is -6.60. The molecule has 26 heteroatoms. The fourth-order valence-corrected chi connectivity index (χ4v) is 8.20. The van der Waals surface area contributed by atoms with Gasteiger partial charge in [0.05, 0.1) is 25.6 Å². The summed E-state index contributed by atoms with van der Waals surface area (Å²) < 4.78 is 0. The van der Waals surface area contributed by atoms with Crippen LogP contribution in [0.1, 0.15) is 127 Å². The van der Waals surface area contributed by atoms with Crippen LogP contribution in [0.2, 0.25) is 0 Å². The molecule has 0 aromatic rings. The Labute approximate surface area is 440 Å². The third-order valence-corrected chi connectivity index (χ3v) is 13.1. The van der Waals surface area contributed by atoms with Crippen molar-refractivity contribution in [3.63, 3.8) is 0 Å². The third kappa shape index (κ3) is 22.0. The van der Waals surface area contributed by atoms with E-state index in [-0.39, 0.29) is 44.1 Å². The van der Waals surface area contributed by atoms with Crippen LogP contribution in [-0.2, 0) is 52.7 Å². The molecule has 0 aliphatic carbocycles. The quantitative estimate of drug-likeness (QED) is 0.0189. The highest BCUT2D eigenvalue weighted by molar-refractivity contribution is 5.98. The van der Waals surface area contributed by atoms with Crippen molar-refractivity contribution in [1.29, 1.82) is 0 Å². The predicted octanol–water partition coefficient (Wildman–Crippen LogP) is -2.21. The van der Waals surface area contributed by atoms with E-state index in [1.54, 1.807) is 48.5 Å². The van der Waals surface area contributed by atoms with Crippen molar-refractivity contribution in [1.82, 2.24) is 51.9 Å². The molecule has 1 saturated heterocycles. The second kappa shape index (κ2) is 33.3. The molecule has 0 aromatic carbocycles. The van der Waals surface area contributed by atoms with Gasteiger partial charge in [0.2, 0.25) is 59.1 Å². The molecular weight excluding hydrogens is 979 g/mol. The van der Waals surface area contributed by atoms with Crippen molar-refractivity contribution in [2.45, 2.75) is 175 Å². The number of likely N-dealkylation sites (N-methyl/N-ethyl adjacent to an activating group) is 3. The number of rotatable bonds is 33. The molecule has 26 nitrogen and oxygen atoms in total. The van der Waals surface area contributed by atoms with Gasteiger partial charge in [-0.3, -0.25) is 57.7 Å². The number of hydrogen-bond donors (Lipinski definition) is 11. The molecule has 1 heterocycles. The molecule has 0 unspecified atom stereocenters. The number of carbonyl (C=O) groups is 11. The Morgan fingerprint density at radius 2 is 1.27 bits per heavy atom. The molecule has 1 aliphatic heterocycles. The maximum Gasteiger partial charge on any atom is 0.303 e. The molecule has 0 saturated carbocycles. The number of amides is 10. The Balaban J connectivity index is 3.33. The SMILES string of the molecule is CCC[C@@H](C(=O)N[C@H](C(=O)N[C@@H](CCCN=C(N)N)C(=O)N1CCC[C@H]1C(=O)NCC)[C@@H](C)CC)N(C)C(=O)[C@@H](NC(=O)[C@H](NC(=O)[C@@H](NC(=O)CNC(=O)CN(C)C(=O)CCC(=O)O)C(C)C)[C@H](C)CC)[C@@H](C)O. The molecule has 1 aliphatic rings. The van der Waals surface area contributed by atoms with Crippen LogP contribution in [0.4, 0.5) is 0 Å². The summed E-state index contributed by atoms with van der Waals surface area (Å²) in [6, 6.07) is -8.44. The maximum atomic E-state index is 14.3. The number of likely N-dealkylation sites (tertiary alicyclic amines) is 1. The first-order valence-electron chi connectivity index (χ1n) is 26.0. The predicted molar refractivity (Wildman–Crippen MR) is 277 cm³/mol. The van der Waals surface area contributed by atoms with Gasteiger partial charge < -0.3 is 73.6 Å². The van der Waals surface area contributed by atoms with Gasteiger partial charge in [0.25, 0.3) is 0 Å². The summed E-state index contributed by atoms with van der Waals surface area (Å²) in [5, 5.41) is 38.3. The largest absolute Gasteiger partial charge is 0.481 e. The second-order valence-electron chi connectivity index (χ2n) is 19.5. The number of aliphatic imine (C=N–C) groups is 1. The minimum Gasteiger partial charge on any atom is -0.481 e. The van der Waals surface area contributed by atoms with Crippen molar-refractivity contribution in [2.75, 3.05) is 46.8 Å². The number of guanidine groups is 1. The standard InChI is InChI=1S/C49H87N13O13/c1-12-18-32(43(70)57-39(28(7)13-2)45(72)55-31(19-16-23-53-49(50)51)47(74)62-24-17-20-33(62)42(69)52-15-4)61(11)48(75)41(30(9)63)59-46(73)40(29(8)14-3)58-44(71)38(27(5)6)56-34(64)25-54-35(65)26-60(10)36(66)21-22-37(67)68/h27-33,38-41,63H,12-26H2,1-11H3,(H,52,69)(H,54,65)(H,55,72)(H,56,64)(H,57,70)(H,58,71)(H,59,73)(H,67,68)(H4,50,51,53)/t28-,29+,30+,31-,32-,33-,38-,39-,40+,41-/m0/s1. The van der Waals surface area contributed by atoms with Gasteiger partial charge in [-0.2, -0.15) is 0 Å². The van der Waals surface area contributed by atoms with Gasteiger partial charge >= 0.3 is 5.97 Å². The summed E-state index contributed by atoms with van der Waals surface area (Å²) in [5.41, 5.74) is 11.0. The van der Waals surface area contributed by atoms with Crippen molar-refractivity contribution in [3.8, 4) is 0 Å². The average molecular weight is 1070 g/mol. The number of aliphatic hydroxyl groups excluding tert-OH is 1. The van der Waals surface area contributed by atoms with E-state index < -0.39 is 145 Å². The van der Waals surface area contributed by atoms with E-state index in [4.69, 9.17) is 16.6 Å². The summed E-state index contributed by atoms with van der Waals surface area (Å²) in [6.45, 7) is 14.8. The summed E-state index contributed by atoms with van der Waals surface area (Å²) >= 11 is 0. The van der Waals surface area contributed by atoms with Gasteiger partial charge in [0.1, 0.15) is 42.3 Å². The molecule has 75 heavy (non-hydrogen) atoms. The third-order valence-electron chi connectivity index (χ3n) is 13.1. The van der Waals surface area contributed by atoms with Gasteiger partial charge in [0.15, 0.2) is 5.96 Å². The zero-order chi connectivity index (χ0) is 57.3. The van der Waals surface area contributed by atoms with Crippen LogP contribution in [0.15, 0.2) is 4.99 Å². The van der Waals surface area contributed by atoms with Crippen LogP contribution < -0.4 is 48.7 Å². The molecule has 0 aromatic heterocycles. The normalized spacial score (nSPS) is 16.7. The van der Waals surface area contributed by atoms with Crippen LogP contribution in [0, 0.1) is 17.8 Å². The van der Waals surface area contributed by atoms with Crippen LogP contribution >= 0.6 is 0 Å². The fourth-order valence-electron chi connectivity index (χ4n) is 8.20. The van der Waals surface area contributed by atoms with E-state index in [1.165, 1.54) is 25.9 Å². The van der Waals surface area contributed by atoms with Crippen molar-refractivity contribution >= 4 is 71.0 Å². The Bertz CT molecular complexity index is 2000. The van der Waals surface area contributed by atoms with Gasteiger partial charge in [-0.15, -0.1) is 0 Å². The van der Waals surface area contributed by atoms with E-state index in [0.29, 0.717) is 45.2 Å². The first-order chi connectivity index (χ1) is 35.2. The van der Waals surface area contributed by atoms with Gasteiger partial charge in [0, 0.05) is 40.2 Å². The molecule has 0 radical (unpaired) electrons. The van der Waals surface area contributed by atoms with E-state index >= 15 is 0 Å². The minimum atomic E-state index is -1.64. The fraction of sp³-hybridized carbons (Fsp3) is 0.755. The maximum absolute atomic E-state index is 14.3. The highest BCUT2D eigenvalue weighted by atomic mass is 16.4. The zero-order valence-electron chi connectivity index (χ0n) is 45.8. The zero-order valence-corrected chi connectivity index (χ0v) is 45.8. The first-order valence-corrected chi connectivity index (χ1v) is 26.0. The Kier molecular flexibility index (Phi) is 29.5. The molecule has 0 spiro atoms. The smallest absolute Gasteiger partial charge is 0.303 e. The highest BCUT2D eigenvalue weighted by Crippen LogP contribution is 2.21. The average Bonchev–Trinajstić information content (AvgIpc) is 3.85. The number of nitrogens with one attached hydrogen (secondary N) is 7. The topological polar surface area (TPSA) is 387 Å². The summed E-state index contributed by atoms with van der Waals surface area (Å²) in [5.74, 6) is -9.68. The Morgan fingerprint density at radius 1 is 0.707 bits per heavy atom. The van der Waals surface area contributed by atoms with E-state index in [9.17, 15) is 57.8 Å². The molecule has 13 N–H and O–H groups in total. The number of carboxylic acid groups (broad SMARTS) is 1. The lowest BCUT2D eigenvalue weighted by atomic mass is 9.95. The van der Waals surface area contributed by atoms with E-state index in [2.05, 4.69) is 42.2 Å². The van der Waals surface area contributed by atoms with Crippen LogP contribution in [-0.4, -0.2) is 191 Å². The summed E-state index contributed by atoms with van der Waals surface area (Å²) in [4.78, 5) is 154. The second-order valence-corrected chi connectivity index (χ2v) is 19.5. The van der Waals surface area contributed by atoms with Crippen molar-refractivity contribution in [3.05, 3.63) is 0 Å². The summed E-state index contributed by atoms with van der Waals surface area (Å²) in [7, 11) is 2.62. The van der Waals surface area contributed by atoms with Gasteiger partial charge in [-0.05, 0) is 63.7 Å². The number of aliphatic hydroxyl groups is 1. The van der Waals surface area contributed by atoms with Crippen molar-refractivity contribution < 1.29 is 63.0 Å².